The second kappa shape index (κ2) is 17.0. The van der Waals surface area contributed by atoms with Crippen LogP contribution in [-0.2, 0) is 46.8 Å². The van der Waals surface area contributed by atoms with Crippen LogP contribution in [0.5, 0.6) is 17.2 Å². The summed E-state index contributed by atoms with van der Waals surface area (Å²) in [6.07, 6.45) is -2.12. The molecule has 0 aliphatic carbocycles. The summed E-state index contributed by atoms with van der Waals surface area (Å²) in [7, 11) is -4.17. The van der Waals surface area contributed by atoms with Crippen molar-refractivity contribution < 1.29 is 51.2 Å². The lowest BCUT2D eigenvalue weighted by atomic mass is 10.0. The summed E-state index contributed by atoms with van der Waals surface area (Å²) in [5.74, 6) is -0.150. The zero-order valence-corrected chi connectivity index (χ0v) is 31.4. The monoisotopic (exact) mass is 779 g/mol. The maximum atomic E-state index is 14.2. The number of alkyl carbamates (subject to hydrolysis) is 1. The van der Waals surface area contributed by atoms with E-state index in [2.05, 4.69) is 10.3 Å². The number of halogens is 1. The SMILES string of the molecule is Cc1nc(COc2ccc(CC(NC(=O)O[C@H]3CO[C@H]4OCC[C@H]43)C(CN(CC(C)C)S(=O)(=O)c3ccc4c(c3)OCO4)OC(=O)CCl)cc2)cs1. The van der Waals surface area contributed by atoms with Gasteiger partial charge in [-0.1, -0.05) is 26.0 Å². The van der Waals surface area contributed by atoms with Crippen molar-refractivity contribution in [2.24, 2.45) is 11.8 Å². The summed E-state index contributed by atoms with van der Waals surface area (Å²) < 4.78 is 69.2. The van der Waals surface area contributed by atoms with Gasteiger partial charge < -0.3 is 38.5 Å². The Labute approximate surface area is 311 Å². The van der Waals surface area contributed by atoms with Gasteiger partial charge in [-0.05, 0) is 55.5 Å². The molecule has 0 saturated carbocycles. The zero-order valence-electron chi connectivity index (χ0n) is 29.0. The second-order valence-corrected chi connectivity index (χ2v) is 16.4. The second-order valence-electron chi connectivity index (χ2n) is 13.1. The Kier molecular flexibility index (Phi) is 12.4. The van der Waals surface area contributed by atoms with Crippen molar-refractivity contribution in [3.8, 4) is 17.2 Å². The summed E-state index contributed by atoms with van der Waals surface area (Å²) >= 11 is 7.44. The van der Waals surface area contributed by atoms with Crippen molar-refractivity contribution in [3.05, 3.63) is 64.1 Å². The van der Waals surface area contributed by atoms with E-state index in [0.29, 0.717) is 36.9 Å². The summed E-state index contributed by atoms with van der Waals surface area (Å²) in [5.41, 5.74) is 1.57. The first-order valence-corrected chi connectivity index (χ1v) is 19.8. The molecule has 0 spiro atoms. The molecule has 2 fully saturated rings. The molecule has 17 heteroatoms. The molecule has 5 atom stereocenters. The molecule has 14 nitrogen and oxygen atoms in total. The minimum Gasteiger partial charge on any atom is -0.487 e. The number of amides is 1. The van der Waals surface area contributed by atoms with Crippen LogP contribution in [0.25, 0.3) is 0 Å². The van der Waals surface area contributed by atoms with Crippen LogP contribution in [-0.4, -0.2) is 93.3 Å². The van der Waals surface area contributed by atoms with E-state index < -0.39 is 52.5 Å². The number of esters is 1. The number of sulfonamides is 1. The van der Waals surface area contributed by atoms with Gasteiger partial charge in [0, 0.05) is 18.0 Å². The van der Waals surface area contributed by atoms with Crippen LogP contribution in [0.2, 0.25) is 0 Å². The summed E-state index contributed by atoms with van der Waals surface area (Å²) in [6.45, 7) is 6.41. The molecule has 2 saturated heterocycles. The minimum atomic E-state index is -4.17. The number of rotatable bonds is 16. The molecular formula is C35H42ClN3O11S2. The van der Waals surface area contributed by atoms with Crippen LogP contribution < -0.4 is 19.5 Å². The fourth-order valence-corrected chi connectivity index (χ4v) is 8.56. The summed E-state index contributed by atoms with van der Waals surface area (Å²) in [4.78, 5) is 30.7. The van der Waals surface area contributed by atoms with Crippen LogP contribution in [0.1, 0.15) is 36.5 Å². The van der Waals surface area contributed by atoms with E-state index >= 15 is 0 Å². The van der Waals surface area contributed by atoms with Gasteiger partial charge in [0.15, 0.2) is 17.8 Å². The smallest absolute Gasteiger partial charge is 0.407 e. The highest BCUT2D eigenvalue weighted by Gasteiger charge is 2.44. The number of hydrogen-bond acceptors (Lipinski definition) is 13. The molecule has 1 N–H and O–H groups in total. The first-order valence-electron chi connectivity index (χ1n) is 17.0. The van der Waals surface area contributed by atoms with Gasteiger partial charge in [0.2, 0.25) is 16.8 Å². The molecule has 3 aliphatic rings. The molecular weight excluding hydrogens is 738 g/mol. The van der Waals surface area contributed by atoms with Crippen molar-refractivity contribution in [2.75, 3.05) is 39.0 Å². The van der Waals surface area contributed by atoms with Gasteiger partial charge in [-0.2, -0.15) is 4.31 Å². The van der Waals surface area contributed by atoms with Gasteiger partial charge in [0.05, 0.1) is 47.3 Å². The summed E-state index contributed by atoms with van der Waals surface area (Å²) in [5, 5.41) is 5.76. The van der Waals surface area contributed by atoms with Gasteiger partial charge in [-0.25, -0.2) is 18.2 Å². The Balaban J connectivity index is 1.26. The van der Waals surface area contributed by atoms with E-state index in [1.165, 1.54) is 22.5 Å². The van der Waals surface area contributed by atoms with Gasteiger partial charge >= 0.3 is 12.1 Å². The predicted octanol–water partition coefficient (Wildman–Crippen LogP) is 4.66. The number of carbonyl (C=O) groups excluding carboxylic acids is 2. The van der Waals surface area contributed by atoms with E-state index in [0.717, 1.165) is 16.3 Å². The number of ether oxygens (including phenoxy) is 7. The molecule has 52 heavy (non-hydrogen) atoms. The third-order valence-electron chi connectivity index (χ3n) is 8.75. The molecule has 1 amide bonds. The quantitative estimate of drug-likeness (QED) is 0.159. The number of nitrogens with zero attached hydrogens (tertiary/aromatic N) is 2. The highest BCUT2D eigenvalue weighted by molar-refractivity contribution is 7.89. The predicted molar refractivity (Wildman–Crippen MR) is 189 cm³/mol. The zero-order chi connectivity index (χ0) is 36.8. The van der Waals surface area contributed by atoms with Crippen LogP contribution in [0.4, 0.5) is 4.79 Å². The number of fused-ring (bicyclic) bond motifs is 2. The number of benzene rings is 2. The van der Waals surface area contributed by atoms with E-state index in [1.807, 2.05) is 38.3 Å². The highest BCUT2D eigenvalue weighted by Crippen LogP contribution is 2.35. The maximum absolute atomic E-state index is 14.2. The first-order chi connectivity index (χ1) is 25.0. The molecule has 2 aromatic carbocycles. The van der Waals surface area contributed by atoms with Crippen molar-refractivity contribution in [1.82, 2.24) is 14.6 Å². The van der Waals surface area contributed by atoms with Crippen molar-refractivity contribution in [3.63, 3.8) is 0 Å². The van der Waals surface area contributed by atoms with Crippen LogP contribution in [0.3, 0.4) is 0 Å². The average Bonchev–Trinajstić information content (AvgIpc) is 3.93. The lowest BCUT2D eigenvalue weighted by Gasteiger charge is -2.33. The lowest BCUT2D eigenvalue weighted by Crippen LogP contribution is -2.53. The Bertz CT molecular complexity index is 1810. The van der Waals surface area contributed by atoms with Crippen LogP contribution in [0.15, 0.2) is 52.7 Å². The molecule has 1 aromatic heterocycles. The fourth-order valence-electron chi connectivity index (χ4n) is 6.27. The number of aryl methyl sites for hydroxylation is 1. The van der Waals surface area contributed by atoms with E-state index in [9.17, 15) is 18.0 Å². The van der Waals surface area contributed by atoms with Crippen LogP contribution in [0, 0.1) is 18.8 Å². The molecule has 0 bridgehead atoms. The Morgan fingerprint density at radius 2 is 1.88 bits per heavy atom. The first kappa shape index (κ1) is 38.1. The van der Waals surface area contributed by atoms with Crippen molar-refractivity contribution in [1.29, 1.82) is 0 Å². The third kappa shape index (κ3) is 9.46. The van der Waals surface area contributed by atoms with Gasteiger partial charge in [-0.3, -0.25) is 4.79 Å². The maximum Gasteiger partial charge on any atom is 0.407 e. The fraction of sp³-hybridized carbons (Fsp3) is 0.514. The van der Waals surface area contributed by atoms with Crippen LogP contribution >= 0.6 is 22.9 Å². The topological polar surface area (TPSA) is 161 Å². The largest absolute Gasteiger partial charge is 0.487 e. The normalized spacial score (nSPS) is 20.5. The van der Waals surface area contributed by atoms with Gasteiger partial charge in [0.25, 0.3) is 0 Å². The number of hydrogen-bond donors (Lipinski definition) is 1. The van der Waals surface area contributed by atoms with Crippen molar-refractivity contribution >= 4 is 45.0 Å². The highest BCUT2D eigenvalue weighted by atomic mass is 35.5. The molecule has 282 valence electrons. The molecule has 4 heterocycles. The third-order valence-corrected chi connectivity index (χ3v) is 11.6. The molecule has 3 aromatic rings. The number of carbonyl (C=O) groups is 2. The number of aromatic nitrogens is 1. The van der Waals surface area contributed by atoms with E-state index in [-0.39, 0.29) is 49.6 Å². The van der Waals surface area contributed by atoms with Gasteiger partial charge in [0.1, 0.15) is 30.4 Å². The minimum absolute atomic E-state index is 0.0194. The van der Waals surface area contributed by atoms with E-state index in [1.54, 1.807) is 23.5 Å². The molecule has 3 aliphatic heterocycles. The lowest BCUT2D eigenvalue weighted by molar-refractivity contribution is -0.148. The molecule has 2 unspecified atom stereocenters. The Hall–Kier alpha value is -3.67. The van der Waals surface area contributed by atoms with Crippen molar-refractivity contribution in [2.45, 2.75) is 69.7 Å². The molecule has 6 rings (SSSR count). The molecule has 0 radical (unpaired) electrons. The Morgan fingerprint density at radius 1 is 1.10 bits per heavy atom. The Morgan fingerprint density at radius 3 is 2.62 bits per heavy atom. The standard InChI is InChI=1S/C35H42ClN3O11S2/c1-21(2)15-39(52(42,43)26-8-9-29-30(13-26)48-20-47-29)16-31(49-33(40)14-36)28(38-35(41)50-32-18-46-34-27(32)10-11-44-34)12-23-4-6-25(7-5-23)45-17-24-19-51-22(3)37-24/h4-9,13,19,21,27-28,31-32,34H,10-12,14-18,20H2,1-3H3,(H,38,41)/t27-,28?,31?,32-,34+/m0/s1. The van der Waals surface area contributed by atoms with Gasteiger partial charge in [-0.15, -0.1) is 22.9 Å². The van der Waals surface area contributed by atoms with E-state index in [4.69, 9.17) is 44.8 Å². The number of thiazole rings is 1. The summed E-state index contributed by atoms with van der Waals surface area (Å²) in [6, 6.07) is 10.6. The number of alkyl halides is 1. The average molecular weight is 780 g/mol. The number of nitrogens with one attached hydrogen (secondary N) is 1.